The number of urea groups is 1. The summed E-state index contributed by atoms with van der Waals surface area (Å²) in [4.78, 5) is 16.5. The van der Waals surface area contributed by atoms with Gasteiger partial charge in [0.1, 0.15) is 5.75 Å². The molecule has 0 radical (unpaired) electrons. The molecule has 7 heteroatoms. The highest BCUT2D eigenvalue weighted by atomic mass is 16.3. The Bertz CT molecular complexity index is 847. The molecule has 2 heterocycles. The monoisotopic (exact) mass is 351 g/mol. The van der Waals surface area contributed by atoms with Crippen LogP contribution in [0.2, 0.25) is 0 Å². The van der Waals surface area contributed by atoms with Crippen LogP contribution in [0.5, 0.6) is 5.75 Å². The van der Waals surface area contributed by atoms with Gasteiger partial charge in [-0.05, 0) is 43.2 Å². The number of pyridine rings is 1. The maximum absolute atomic E-state index is 12.2. The van der Waals surface area contributed by atoms with Gasteiger partial charge in [0.2, 0.25) is 0 Å². The van der Waals surface area contributed by atoms with Crippen molar-refractivity contribution in [2.75, 3.05) is 0 Å². The van der Waals surface area contributed by atoms with Crippen LogP contribution >= 0.6 is 0 Å². The smallest absolute Gasteiger partial charge is 0.315 e. The molecule has 26 heavy (non-hydrogen) atoms. The molecule has 3 aromatic rings. The molecule has 0 spiro atoms. The van der Waals surface area contributed by atoms with Crippen molar-refractivity contribution in [1.29, 1.82) is 0 Å². The number of aromatic hydroxyl groups is 1. The van der Waals surface area contributed by atoms with Crippen molar-refractivity contribution in [3.63, 3.8) is 0 Å². The Hall–Kier alpha value is -3.35. The number of nitrogens with zero attached hydrogens (tertiary/aromatic N) is 3. The summed E-state index contributed by atoms with van der Waals surface area (Å²) in [6.45, 7) is 2.28. The van der Waals surface area contributed by atoms with E-state index in [1.54, 1.807) is 29.2 Å². The summed E-state index contributed by atoms with van der Waals surface area (Å²) in [5.41, 5.74) is 1.92. The van der Waals surface area contributed by atoms with Crippen LogP contribution in [0.1, 0.15) is 18.1 Å². The zero-order chi connectivity index (χ0) is 18.4. The van der Waals surface area contributed by atoms with Gasteiger partial charge in [-0.15, -0.1) is 0 Å². The molecule has 3 rings (SSSR count). The number of aromatic nitrogens is 3. The number of hydrogen-bond acceptors (Lipinski definition) is 4. The molecule has 0 aliphatic rings. The largest absolute Gasteiger partial charge is 0.508 e. The number of carbonyl (C=O) groups excluding carboxylic acids is 1. The number of amides is 2. The summed E-state index contributed by atoms with van der Waals surface area (Å²) < 4.78 is 1.67. The van der Waals surface area contributed by atoms with Crippen LogP contribution in [-0.4, -0.2) is 31.9 Å². The highest BCUT2D eigenvalue weighted by Gasteiger charge is 2.10. The van der Waals surface area contributed by atoms with Crippen molar-refractivity contribution in [3.8, 4) is 11.6 Å². The van der Waals surface area contributed by atoms with Gasteiger partial charge in [0.05, 0.1) is 0 Å². The molecule has 0 aliphatic heterocycles. The number of phenolic OH excluding ortho intramolecular Hbond substituents is 1. The number of carbonyl (C=O) groups is 1. The van der Waals surface area contributed by atoms with Crippen LogP contribution in [0, 0.1) is 0 Å². The lowest BCUT2D eigenvalue weighted by Gasteiger charge is -2.15. The van der Waals surface area contributed by atoms with Crippen LogP contribution in [0.25, 0.3) is 5.82 Å². The topological polar surface area (TPSA) is 92.1 Å². The fraction of sp³-hybridized carbons (Fsp3) is 0.211. The van der Waals surface area contributed by atoms with Crippen molar-refractivity contribution in [3.05, 3.63) is 72.2 Å². The molecule has 2 amide bonds. The molecule has 3 N–H and O–H groups in total. The van der Waals surface area contributed by atoms with E-state index >= 15 is 0 Å². The molecule has 1 aromatic carbocycles. The van der Waals surface area contributed by atoms with Gasteiger partial charge in [-0.2, -0.15) is 5.10 Å². The Morgan fingerprint density at radius 2 is 2.00 bits per heavy atom. The minimum atomic E-state index is -0.244. The van der Waals surface area contributed by atoms with Gasteiger partial charge in [0, 0.05) is 36.7 Å². The lowest BCUT2D eigenvalue weighted by molar-refractivity contribution is 0.237. The van der Waals surface area contributed by atoms with Crippen molar-refractivity contribution in [1.82, 2.24) is 25.4 Å². The molecule has 2 aromatic heterocycles. The molecule has 1 atom stereocenters. The summed E-state index contributed by atoms with van der Waals surface area (Å²) in [6, 6.07) is 12.2. The second-order valence-corrected chi connectivity index (χ2v) is 6.04. The quantitative estimate of drug-likeness (QED) is 0.636. The average molecular weight is 351 g/mol. The van der Waals surface area contributed by atoms with E-state index in [1.807, 2.05) is 43.5 Å². The third kappa shape index (κ3) is 4.60. The maximum Gasteiger partial charge on any atom is 0.315 e. The number of benzene rings is 1. The van der Waals surface area contributed by atoms with Crippen molar-refractivity contribution >= 4 is 6.03 Å². The van der Waals surface area contributed by atoms with Gasteiger partial charge in [0.25, 0.3) is 0 Å². The highest BCUT2D eigenvalue weighted by Crippen LogP contribution is 2.12. The SMILES string of the molecule is CC(Cc1ccc(O)cc1)NC(=O)NCc1cccnc1-n1cccn1. The van der Waals surface area contributed by atoms with Crippen LogP contribution in [0.4, 0.5) is 4.79 Å². The van der Waals surface area contributed by atoms with Crippen molar-refractivity contribution in [2.24, 2.45) is 0 Å². The molecule has 134 valence electrons. The normalized spacial score (nSPS) is 11.7. The zero-order valence-corrected chi connectivity index (χ0v) is 14.5. The van der Waals surface area contributed by atoms with E-state index in [-0.39, 0.29) is 17.8 Å². The highest BCUT2D eigenvalue weighted by molar-refractivity contribution is 5.74. The summed E-state index contributed by atoms with van der Waals surface area (Å²) >= 11 is 0. The standard InChI is InChI=1S/C19H21N5O2/c1-14(12-15-5-7-17(25)8-6-15)23-19(26)21-13-16-4-2-9-20-18(16)24-11-3-10-22-24/h2-11,14,25H,12-13H2,1H3,(H2,21,23,26). The molecule has 0 saturated carbocycles. The molecule has 1 unspecified atom stereocenters. The lowest BCUT2D eigenvalue weighted by Crippen LogP contribution is -2.41. The van der Waals surface area contributed by atoms with Crippen LogP contribution in [0.3, 0.4) is 0 Å². The zero-order valence-electron chi connectivity index (χ0n) is 14.5. The lowest BCUT2D eigenvalue weighted by atomic mass is 10.1. The molecule has 0 aliphatic carbocycles. The summed E-state index contributed by atoms with van der Waals surface area (Å²) in [5, 5.41) is 19.3. The Morgan fingerprint density at radius 3 is 2.73 bits per heavy atom. The first-order chi connectivity index (χ1) is 12.6. The average Bonchev–Trinajstić information content (AvgIpc) is 3.16. The van der Waals surface area contributed by atoms with E-state index < -0.39 is 0 Å². The van der Waals surface area contributed by atoms with Gasteiger partial charge in [-0.25, -0.2) is 14.5 Å². The van der Waals surface area contributed by atoms with Crippen molar-refractivity contribution < 1.29 is 9.90 Å². The van der Waals surface area contributed by atoms with Gasteiger partial charge < -0.3 is 15.7 Å². The number of rotatable bonds is 6. The molecular weight excluding hydrogens is 330 g/mol. The Kier molecular flexibility index (Phi) is 5.48. The van der Waals surface area contributed by atoms with Crippen molar-refractivity contribution in [2.45, 2.75) is 25.9 Å². The minimum absolute atomic E-state index is 0.0426. The first-order valence-electron chi connectivity index (χ1n) is 8.38. The van der Waals surface area contributed by atoms with Gasteiger partial charge >= 0.3 is 6.03 Å². The van der Waals surface area contributed by atoms with Gasteiger partial charge in [0.15, 0.2) is 5.82 Å². The third-order valence-electron chi connectivity index (χ3n) is 3.88. The molecule has 0 fully saturated rings. The first-order valence-corrected chi connectivity index (χ1v) is 8.38. The number of hydrogen-bond donors (Lipinski definition) is 3. The van der Waals surface area contributed by atoms with E-state index in [1.165, 1.54) is 0 Å². The van der Waals surface area contributed by atoms with E-state index in [4.69, 9.17) is 0 Å². The second-order valence-electron chi connectivity index (χ2n) is 6.04. The molecule has 0 bridgehead atoms. The molecule has 7 nitrogen and oxygen atoms in total. The Labute approximate surface area is 151 Å². The number of nitrogens with one attached hydrogen (secondary N) is 2. The maximum atomic E-state index is 12.2. The fourth-order valence-electron chi connectivity index (χ4n) is 2.66. The predicted molar refractivity (Wildman–Crippen MR) is 98.0 cm³/mol. The van der Waals surface area contributed by atoms with Crippen LogP contribution in [-0.2, 0) is 13.0 Å². The van der Waals surface area contributed by atoms with Crippen LogP contribution in [0.15, 0.2) is 61.1 Å². The van der Waals surface area contributed by atoms with Gasteiger partial charge in [-0.3, -0.25) is 0 Å². The second kappa shape index (κ2) is 8.15. The first kappa shape index (κ1) is 17.5. The Balaban J connectivity index is 1.54. The number of phenols is 1. The minimum Gasteiger partial charge on any atom is -0.508 e. The fourth-order valence-corrected chi connectivity index (χ4v) is 2.66. The summed E-state index contributed by atoms with van der Waals surface area (Å²) in [6.07, 6.45) is 5.87. The van der Waals surface area contributed by atoms with E-state index in [0.717, 1.165) is 11.1 Å². The molecular formula is C19H21N5O2. The van der Waals surface area contributed by atoms with E-state index in [9.17, 15) is 9.90 Å². The van der Waals surface area contributed by atoms with Gasteiger partial charge in [-0.1, -0.05) is 18.2 Å². The van der Waals surface area contributed by atoms with Crippen LogP contribution < -0.4 is 10.6 Å². The Morgan fingerprint density at radius 1 is 1.19 bits per heavy atom. The molecule has 0 saturated heterocycles. The third-order valence-corrected chi connectivity index (χ3v) is 3.88. The summed E-state index contributed by atoms with van der Waals surface area (Å²) in [7, 11) is 0. The summed E-state index contributed by atoms with van der Waals surface area (Å²) in [5.74, 6) is 0.923. The predicted octanol–water partition coefficient (Wildman–Crippen LogP) is 2.40. The van der Waals surface area contributed by atoms with E-state index in [0.29, 0.717) is 18.8 Å². The van der Waals surface area contributed by atoms with E-state index in [2.05, 4.69) is 20.7 Å².